The maximum absolute atomic E-state index is 13.2. The number of carboxylic acid groups (broad SMARTS) is 1. The molecule has 0 saturated heterocycles. The van der Waals surface area contributed by atoms with E-state index in [2.05, 4.69) is 10.3 Å². The number of benzene rings is 1. The smallest absolute Gasteiger partial charge is 0.322 e. The first-order valence-electron chi connectivity index (χ1n) is 5.54. The lowest BCUT2D eigenvalue weighted by Crippen LogP contribution is -2.29. The van der Waals surface area contributed by atoms with Gasteiger partial charge in [-0.2, -0.15) is 0 Å². The molecule has 0 atom stereocenters. The molecule has 0 aliphatic rings. The summed E-state index contributed by atoms with van der Waals surface area (Å²) in [5.74, 6) is -2.19. The minimum absolute atomic E-state index is 0.211. The van der Waals surface area contributed by atoms with E-state index in [1.807, 2.05) is 0 Å². The van der Waals surface area contributed by atoms with Gasteiger partial charge in [-0.15, -0.1) is 0 Å². The van der Waals surface area contributed by atoms with Gasteiger partial charge in [0.25, 0.3) is 5.91 Å². The molecule has 0 radical (unpaired) electrons. The van der Waals surface area contributed by atoms with E-state index in [9.17, 15) is 14.0 Å². The Morgan fingerprint density at radius 3 is 2.79 bits per heavy atom. The van der Waals surface area contributed by atoms with Gasteiger partial charge in [0.05, 0.1) is 11.1 Å². The van der Waals surface area contributed by atoms with Crippen LogP contribution in [-0.4, -0.2) is 28.5 Å². The Labute approximate surface area is 108 Å². The summed E-state index contributed by atoms with van der Waals surface area (Å²) in [5.41, 5.74) is 1.30. The van der Waals surface area contributed by atoms with Crippen LogP contribution in [0.1, 0.15) is 16.1 Å². The average Bonchev–Trinajstić information content (AvgIpc) is 2.35. The standard InChI is InChI=1S/C13H11FN2O3/c1-7-4-10(13(19)15-6-12(17)18)9-5-8(14)2-3-11(9)16-7/h2-5H,6H2,1H3,(H,15,19)(H,17,18). The highest BCUT2D eigenvalue weighted by molar-refractivity contribution is 6.06. The van der Waals surface area contributed by atoms with Crippen LogP contribution in [0.3, 0.4) is 0 Å². The summed E-state index contributed by atoms with van der Waals surface area (Å²) in [6.45, 7) is 1.22. The largest absolute Gasteiger partial charge is 0.480 e. The number of nitrogens with one attached hydrogen (secondary N) is 1. The first-order chi connectivity index (χ1) is 8.97. The quantitative estimate of drug-likeness (QED) is 0.878. The van der Waals surface area contributed by atoms with Crippen molar-refractivity contribution in [1.82, 2.24) is 10.3 Å². The van der Waals surface area contributed by atoms with E-state index < -0.39 is 24.2 Å². The Balaban J connectivity index is 2.49. The Kier molecular flexibility index (Phi) is 3.41. The van der Waals surface area contributed by atoms with Crippen molar-refractivity contribution >= 4 is 22.8 Å². The first-order valence-corrected chi connectivity index (χ1v) is 5.54. The van der Waals surface area contributed by atoms with Crippen LogP contribution in [-0.2, 0) is 4.79 Å². The molecular weight excluding hydrogens is 251 g/mol. The topological polar surface area (TPSA) is 79.3 Å². The number of aryl methyl sites for hydroxylation is 1. The molecule has 0 unspecified atom stereocenters. The van der Waals surface area contributed by atoms with Crippen molar-refractivity contribution in [2.45, 2.75) is 6.92 Å². The molecule has 0 saturated carbocycles. The minimum atomic E-state index is -1.14. The van der Waals surface area contributed by atoms with Crippen molar-refractivity contribution in [3.05, 3.63) is 41.3 Å². The van der Waals surface area contributed by atoms with Crippen LogP contribution in [0.4, 0.5) is 4.39 Å². The monoisotopic (exact) mass is 262 g/mol. The van der Waals surface area contributed by atoms with Crippen LogP contribution < -0.4 is 5.32 Å². The van der Waals surface area contributed by atoms with Crippen molar-refractivity contribution in [1.29, 1.82) is 0 Å². The van der Waals surface area contributed by atoms with Gasteiger partial charge in [0.1, 0.15) is 12.4 Å². The molecule has 1 aromatic carbocycles. The Morgan fingerprint density at radius 1 is 1.37 bits per heavy atom. The maximum Gasteiger partial charge on any atom is 0.322 e. The number of carbonyl (C=O) groups excluding carboxylic acids is 1. The molecular formula is C13H11FN2O3. The van der Waals surface area contributed by atoms with E-state index >= 15 is 0 Å². The number of hydrogen-bond acceptors (Lipinski definition) is 3. The van der Waals surface area contributed by atoms with Gasteiger partial charge in [-0.3, -0.25) is 14.6 Å². The second-order valence-corrected chi connectivity index (χ2v) is 4.05. The Morgan fingerprint density at radius 2 is 2.11 bits per heavy atom. The number of aliphatic carboxylic acids is 1. The molecule has 0 bridgehead atoms. The van der Waals surface area contributed by atoms with Crippen molar-refractivity contribution in [2.24, 2.45) is 0 Å². The number of amides is 1. The molecule has 5 nitrogen and oxygen atoms in total. The van der Waals surface area contributed by atoms with Crippen molar-refractivity contribution in [3.8, 4) is 0 Å². The van der Waals surface area contributed by atoms with Crippen LogP contribution >= 0.6 is 0 Å². The van der Waals surface area contributed by atoms with Crippen LogP contribution in [0.15, 0.2) is 24.3 Å². The predicted molar refractivity (Wildman–Crippen MR) is 66.4 cm³/mol. The fraction of sp³-hybridized carbons (Fsp3) is 0.154. The zero-order chi connectivity index (χ0) is 14.0. The van der Waals surface area contributed by atoms with Gasteiger partial charge in [-0.1, -0.05) is 0 Å². The number of rotatable bonds is 3. The zero-order valence-electron chi connectivity index (χ0n) is 10.1. The number of fused-ring (bicyclic) bond motifs is 1. The number of nitrogens with zero attached hydrogens (tertiary/aromatic N) is 1. The summed E-state index contributed by atoms with van der Waals surface area (Å²) in [6, 6.07) is 5.44. The minimum Gasteiger partial charge on any atom is -0.480 e. The van der Waals surface area contributed by atoms with Crippen LogP contribution in [0, 0.1) is 12.7 Å². The van der Waals surface area contributed by atoms with E-state index in [-0.39, 0.29) is 5.56 Å². The third-order valence-corrected chi connectivity index (χ3v) is 2.54. The van der Waals surface area contributed by atoms with E-state index in [4.69, 9.17) is 5.11 Å². The molecule has 0 aliphatic heterocycles. The van der Waals surface area contributed by atoms with Crippen LogP contribution in [0.25, 0.3) is 10.9 Å². The summed E-state index contributed by atoms with van der Waals surface area (Å²) in [4.78, 5) is 26.5. The molecule has 2 rings (SSSR count). The zero-order valence-corrected chi connectivity index (χ0v) is 10.1. The number of aromatic nitrogens is 1. The third-order valence-electron chi connectivity index (χ3n) is 2.54. The van der Waals surface area contributed by atoms with Gasteiger partial charge in [0.15, 0.2) is 0 Å². The molecule has 0 fully saturated rings. The second-order valence-electron chi connectivity index (χ2n) is 4.05. The van der Waals surface area contributed by atoms with Crippen molar-refractivity contribution < 1.29 is 19.1 Å². The molecule has 1 aromatic heterocycles. The molecule has 1 amide bonds. The third kappa shape index (κ3) is 2.85. The van der Waals surface area contributed by atoms with Gasteiger partial charge < -0.3 is 10.4 Å². The fourth-order valence-electron chi connectivity index (χ4n) is 1.77. The SMILES string of the molecule is Cc1cc(C(=O)NCC(=O)O)c2cc(F)ccc2n1. The molecule has 0 spiro atoms. The average molecular weight is 262 g/mol. The summed E-state index contributed by atoms with van der Waals surface area (Å²) >= 11 is 0. The van der Waals surface area contributed by atoms with Crippen molar-refractivity contribution in [2.75, 3.05) is 6.54 Å². The van der Waals surface area contributed by atoms with Gasteiger partial charge in [-0.05, 0) is 31.2 Å². The molecule has 0 aliphatic carbocycles. The number of halogens is 1. The molecule has 19 heavy (non-hydrogen) atoms. The second kappa shape index (κ2) is 5.01. The molecule has 2 aromatic rings. The molecule has 98 valence electrons. The fourth-order valence-corrected chi connectivity index (χ4v) is 1.77. The lowest BCUT2D eigenvalue weighted by molar-refractivity contribution is -0.135. The summed E-state index contributed by atoms with van der Waals surface area (Å²) in [7, 11) is 0. The molecule has 1 heterocycles. The van der Waals surface area contributed by atoms with Crippen LogP contribution in [0.5, 0.6) is 0 Å². The van der Waals surface area contributed by atoms with Gasteiger partial charge >= 0.3 is 5.97 Å². The number of carbonyl (C=O) groups is 2. The Hall–Kier alpha value is -2.50. The summed E-state index contributed by atoms with van der Waals surface area (Å²) < 4.78 is 13.2. The van der Waals surface area contributed by atoms with E-state index in [0.717, 1.165) is 0 Å². The van der Waals surface area contributed by atoms with Gasteiger partial charge in [0, 0.05) is 11.1 Å². The Bertz CT molecular complexity index is 670. The first kappa shape index (κ1) is 12.9. The number of pyridine rings is 1. The van der Waals surface area contributed by atoms with Gasteiger partial charge in [0.2, 0.25) is 0 Å². The number of hydrogen-bond donors (Lipinski definition) is 2. The highest BCUT2D eigenvalue weighted by Gasteiger charge is 2.13. The molecule has 2 N–H and O–H groups in total. The van der Waals surface area contributed by atoms with Crippen molar-refractivity contribution in [3.63, 3.8) is 0 Å². The predicted octanol–water partition coefficient (Wildman–Crippen LogP) is 1.50. The molecule has 6 heteroatoms. The lowest BCUT2D eigenvalue weighted by Gasteiger charge is -2.08. The maximum atomic E-state index is 13.2. The summed E-state index contributed by atoms with van der Waals surface area (Å²) in [6.07, 6.45) is 0. The van der Waals surface area contributed by atoms with E-state index in [1.165, 1.54) is 24.3 Å². The van der Waals surface area contributed by atoms with E-state index in [1.54, 1.807) is 6.92 Å². The highest BCUT2D eigenvalue weighted by atomic mass is 19.1. The lowest BCUT2D eigenvalue weighted by atomic mass is 10.1. The summed E-state index contributed by atoms with van der Waals surface area (Å²) in [5, 5.41) is 11.1. The van der Waals surface area contributed by atoms with E-state index in [0.29, 0.717) is 16.6 Å². The normalized spacial score (nSPS) is 10.4. The highest BCUT2D eigenvalue weighted by Crippen LogP contribution is 2.19. The number of carboxylic acids is 1. The van der Waals surface area contributed by atoms with Crippen LogP contribution in [0.2, 0.25) is 0 Å². The van der Waals surface area contributed by atoms with Gasteiger partial charge in [-0.25, -0.2) is 4.39 Å².